The van der Waals surface area contributed by atoms with Crippen LogP contribution < -0.4 is 11.2 Å². The molecule has 0 amide bonds. The summed E-state index contributed by atoms with van der Waals surface area (Å²) in [6.45, 7) is -0.467. The second-order valence-electron chi connectivity index (χ2n) is 3.39. The van der Waals surface area contributed by atoms with Gasteiger partial charge in [0.25, 0.3) is 16.4 Å². The molecule has 0 bridgehead atoms. The molecule has 0 aliphatic carbocycles. The lowest BCUT2D eigenvalue weighted by Crippen LogP contribution is -2.36. The summed E-state index contributed by atoms with van der Waals surface area (Å²) < 4.78 is 15.6. The molecule has 0 saturated carbocycles. The van der Waals surface area contributed by atoms with Crippen LogP contribution in [0.15, 0.2) is 21.9 Å². The summed E-state index contributed by atoms with van der Waals surface area (Å²) in [6.07, 6.45) is 0.0382. The van der Waals surface area contributed by atoms with Crippen molar-refractivity contribution in [3.8, 4) is 0 Å². The Hall–Kier alpha value is -1.13. The molecule has 0 spiro atoms. The number of aliphatic hydroxyl groups is 2. The van der Waals surface area contributed by atoms with Gasteiger partial charge in [0.05, 0.1) is 0 Å². The monoisotopic (exact) mass is 263 g/mol. The molecular weight excluding hydrogens is 252 g/mol. The van der Waals surface area contributed by atoms with Crippen LogP contribution in [0.5, 0.6) is 0 Å². The minimum atomic E-state index is -1.57. The Balaban J connectivity index is 2.35. The average molecular weight is 263 g/mol. The Bertz CT molecular complexity index is 513. The number of aliphatic hydroxyl groups excluding tert-OH is 2. The lowest BCUT2D eigenvalue weighted by molar-refractivity contribution is -0.0525. The van der Waals surface area contributed by atoms with Gasteiger partial charge in [0.2, 0.25) is 17.4 Å². The number of aromatic nitrogens is 2. The van der Waals surface area contributed by atoms with Crippen LogP contribution in [-0.4, -0.2) is 41.8 Å². The molecule has 1 fully saturated rings. The SMILES string of the molecule is O=c1ccn([C@@H]2O[C@H](CO)[S+](O)[C@H]2O)c(=O)[nH]1. The van der Waals surface area contributed by atoms with Crippen molar-refractivity contribution in [1.29, 1.82) is 0 Å². The number of H-pyrrole nitrogens is 1. The van der Waals surface area contributed by atoms with Crippen molar-refractivity contribution in [1.82, 2.24) is 9.55 Å². The van der Waals surface area contributed by atoms with Crippen molar-refractivity contribution in [2.24, 2.45) is 0 Å². The van der Waals surface area contributed by atoms with E-state index in [4.69, 9.17) is 9.84 Å². The fourth-order valence-electron chi connectivity index (χ4n) is 1.50. The topological polar surface area (TPSA) is 125 Å². The fourth-order valence-corrected chi connectivity index (χ4v) is 2.63. The molecule has 1 saturated heterocycles. The van der Waals surface area contributed by atoms with Crippen LogP contribution in [0.2, 0.25) is 0 Å². The highest BCUT2D eigenvalue weighted by Gasteiger charge is 2.54. The molecule has 1 unspecified atom stereocenters. The molecule has 4 N–H and O–H groups in total. The van der Waals surface area contributed by atoms with Crippen LogP contribution in [-0.2, 0) is 15.9 Å². The highest BCUT2D eigenvalue weighted by atomic mass is 32.2. The van der Waals surface area contributed by atoms with E-state index < -0.39 is 46.1 Å². The summed E-state index contributed by atoms with van der Waals surface area (Å²) in [7, 11) is 0. The fraction of sp³-hybridized carbons (Fsp3) is 0.500. The Morgan fingerprint density at radius 3 is 2.76 bits per heavy atom. The standard InChI is InChI=1S/C8H10N2O6S/c11-3-5-16-6(7(13)17(5)15)10-2-1-4(12)9-8(10)14/h1-2,5-7,11,13,15H,3H2/p+1/t5-,6+,7+,17?/m0/s1. The maximum absolute atomic E-state index is 11.4. The molecule has 1 aliphatic heterocycles. The molecule has 1 aromatic rings. The third kappa shape index (κ3) is 2.15. The van der Waals surface area contributed by atoms with E-state index in [1.54, 1.807) is 0 Å². The molecule has 1 aromatic heterocycles. The van der Waals surface area contributed by atoms with Crippen molar-refractivity contribution in [2.45, 2.75) is 17.1 Å². The van der Waals surface area contributed by atoms with Crippen LogP contribution in [0.1, 0.15) is 6.23 Å². The molecule has 1 aliphatic rings. The zero-order valence-corrected chi connectivity index (χ0v) is 9.33. The smallest absolute Gasteiger partial charge is 0.330 e. The Morgan fingerprint density at radius 1 is 1.53 bits per heavy atom. The summed E-state index contributed by atoms with van der Waals surface area (Å²) >= 11 is -1.57. The summed E-state index contributed by atoms with van der Waals surface area (Å²) in [4.78, 5) is 24.3. The van der Waals surface area contributed by atoms with Crippen LogP contribution in [0, 0.1) is 0 Å². The van der Waals surface area contributed by atoms with E-state index in [-0.39, 0.29) is 0 Å². The zero-order valence-electron chi connectivity index (χ0n) is 8.52. The quantitative estimate of drug-likeness (QED) is 0.448. The van der Waals surface area contributed by atoms with Gasteiger partial charge in [-0.15, -0.1) is 0 Å². The first-order chi connectivity index (χ1) is 8.04. The van der Waals surface area contributed by atoms with E-state index >= 15 is 0 Å². The Labute approximate surface area is 97.7 Å². The number of aromatic amines is 1. The van der Waals surface area contributed by atoms with Crippen molar-refractivity contribution in [3.63, 3.8) is 0 Å². The highest BCUT2D eigenvalue weighted by Crippen LogP contribution is 2.30. The molecule has 9 heteroatoms. The van der Waals surface area contributed by atoms with Crippen LogP contribution in [0.4, 0.5) is 0 Å². The number of nitrogens with zero attached hydrogens (tertiary/aromatic N) is 1. The second kappa shape index (κ2) is 4.63. The van der Waals surface area contributed by atoms with Gasteiger partial charge in [0, 0.05) is 12.3 Å². The van der Waals surface area contributed by atoms with Crippen molar-refractivity contribution in [3.05, 3.63) is 33.1 Å². The van der Waals surface area contributed by atoms with Gasteiger partial charge in [0.1, 0.15) is 6.61 Å². The average Bonchev–Trinajstić information content (AvgIpc) is 2.57. The van der Waals surface area contributed by atoms with E-state index in [0.29, 0.717) is 0 Å². The van der Waals surface area contributed by atoms with Gasteiger partial charge in [-0.2, -0.15) is 4.55 Å². The minimum absolute atomic E-state index is 0.467. The van der Waals surface area contributed by atoms with Crippen molar-refractivity contribution < 1.29 is 19.5 Å². The predicted octanol–water partition coefficient (Wildman–Crippen LogP) is -2.21. The summed E-state index contributed by atoms with van der Waals surface area (Å²) in [5, 5.41) is 18.6. The van der Waals surface area contributed by atoms with Crippen molar-refractivity contribution in [2.75, 3.05) is 6.61 Å². The Morgan fingerprint density at radius 2 is 2.24 bits per heavy atom. The first-order valence-corrected chi connectivity index (χ1v) is 6.02. The minimum Gasteiger partial charge on any atom is -0.388 e. The number of hydrogen-bond acceptors (Lipinski definition) is 6. The van der Waals surface area contributed by atoms with Crippen molar-refractivity contribution >= 4 is 11.2 Å². The summed E-state index contributed by atoms with van der Waals surface area (Å²) in [5.41, 5.74) is -3.58. The van der Waals surface area contributed by atoms with Gasteiger partial charge in [-0.1, -0.05) is 0 Å². The van der Waals surface area contributed by atoms with E-state index in [2.05, 4.69) is 0 Å². The normalized spacial score (nSPS) is 32.9. The largest absolute Gasteiger partial charge is 0.388 e. The van der Waals surface area contributed by atoms with Gasteiger partial charge in [-0.05, 0) is 0 Å². The molecule has 2 rings (SSSR count). The maximum Gasteiger partial charge on any atom is 0.330 e. The predicted molar refractivity (Wildman–Crippen MR) is 58.3 cm³/mol. The van der Waals surface area contributed by atoms with E-state index in [1.807, 2.05) is 4.98 Å². The van der Waals surface area contributed by atoms with Gasteiger partial charge in [-0.3, -0.25) is 19.1 Å². The summed E-state index contributed by atoms with van der Waals surface area (Å²) in [6, 6.07) is 1.10. The maximum atomic E-state index is 11.4. The van der Waals surface area contributed by atoms with Gasteiger partial charge in [-0.25, -0.2) is 4.79 Å². The van der Waals surface area contributed by atoms with Gasteiger partial charge >= 0.3 is 5.69 Å². The van der Waals surface area contributed by atoms with Gasteiger partial charge < -0.3 is 10.2 Å². The molecule has 0 radical (unpaired) electrons. The molecule has 4 atom stereocenters. The van der Waals surface area contributed by atoms with Gasteiger partial charge in [0.15, 0.2) is 0 Å². The Kier molecular flexibility index (Phi) is 3.35. The molecular formula is C8H11N2O6S+. The first-order valence-electron chi connectivity index (χ1n) is 4.71. The highest BCUT2D eigenvalue weighted by molar-refractivity contribution is 7.92. The molecule has 17 heavy (non-hydrogen) atoms. The number of rotatable bonds is 2. The molecule has 2 heterocycles. The third-order valence-electron chi connectivity index (χ3n) is 2.33. The number of ether oxygens (including phenoxy) is 1. The zero-order chi connectivity index (χ0) is 12.6. The van der Waals surface area contributed by atoms with E-state index in [9.17, 15) is 19.2 Å². The lowest BCUT2D eigenvalue weighted by Gasteiger charge is -2.11. The number of hydrogen-bond donors (Lipinski definition) is 4. The summed E-state index contributed by atoms with van der Waals surface area (Å²) in [5.74, 6) is 0. The number of nitrogens with one attached hydrogen (secondary N) is 1. The van der Waals surface area contributed by atoms with Crippen LogP contribution in [0.3, 0.4) is 0 Å². The van der Waals surface area contributed by atoms with Crippen LogP contribution >= 0.6 is 0 Å². The van der Waals surface area contributed by atoms with E-state index in [1.165, 1.54) is 0 Å². The third-order valence-corrected chi connectivity index (χ3v) is 3.85. The van der Waals surface area contributed by atoms with E-state index in [0.717, 1.165) is 16.8 Å². The van der Waals surface area contributed by atoms with Crippen LogP contribution in [0.25, 0.3) is 0 Å². The molecule has 0 aromatic carbocycles. The first kappa shape index (κ1) is 12.3. The second-order valence-corrected chi connectivity index (χ2v) is 5.10. The lowest BCUT2D eigenvalue weighted by atomic mass is 10.5. The molecule has 94 valence electrons. The molecule has 8 nitrogen and oxygen atoms in total.